The van der Waals surface area contributed by atoms with E-state index in [9.17, 15) is 0 Å². The maximum Gasteiger partial charge on any atom is 0.0562 e. The van der Waals surface area contributed by atoms with Crippen molar-refractivity contribution in [2.75, 3.05) is 18.4 Å². The minimum absolute atomic E-state index is 0.761. The zero-order chi connectivity index (χ0) is 8.39. The highest BCUT2D eigenvalue weighted by atomic mass is 35.5. The SMILES string of the molecule is Clc1ccc2c(c1)NCCN=C2. The van der Waals surface area contributed by atoms with Crippen LogP contribution < -0.4 is 5.32 Å². The van der Waals surface area contributed by atoms with Gasteiger partial charge in [-0.3, -0.25) is 4.99 Å². The standard InChI is InChI=1S/C9H9ClN2/c10-8-2-1-7-6-11-3-4-12-9(7)5-8/h1-2,5-6,12H,3-4H2. The summed E-state index contributed by atoms with van der Waals surface area (Å²) in [5, 5.41) is 4.02. The topological polar surface area (TPSA) is 24.4 Å². The zero-order valence-electron chi connectivity index (χ0n) is 6.55. The lowest BCUT2D eigenvalue weighted by Crippen LogP contribution is -2.03. The van der Waals surface area contributed by atoms with Gasteiger partial charge in [-0.05, 0) is 18.2 Å². The van der Waals surface area contributed by atoms with Gasteiger partial charge < -0.3 is 5.32 Å². The second kappa shape index (κ2) is 3.15. The van der Waals surface area contributed by atoms with Gasteiger partial charge in [0.05, 0.1) is 6.54 Å². The summed E-state index contributed by atoms with van der Waals surface area (Å²) >= 11 is 5.85. The van der Waals surface area contributed by atoms with Crippen LogP contribution in [0.15, 0.2) is 23.2 Å². The van der Waals surface area contributed by atoms with Crippen molar-refractivity contribution >= 4 is 23.5 Å². The Balaban J connectivity index is 2.46. The first-order valence-electron chi connectivity index (χ1n) is 3.89. The number of fused-ring (bicyclic) bond motifs is 1. The smallest absolute Gasteiger partial charge is 0.0562 e. The van der Waals surface area contributed by atoms with Crippen LogP contribution in [0, 0.1) is 0 Å². The molecule has 0 fully saturated rings. The van der Waals surface area contributed by atoms with Crippen molar-refractivity contribution in [3.8, 4) is 0 Å². The molecule has 2 nitrogen and oxygen atoms in total. The molecule has 1 aliphatic heterocycles. The number of nitrogens with one attached hydrogen (secondary N) is 1. The molecule has 1 aliphatic rings. The average molecular weight is 181 g/mol. The number of benzodiazepines with no additional fused rings is 1. The van der Waals surface area contributed by atoms with E-state index in [0.29, 0.717) is 0 Å². The molecule has 0 saturated heterocycles. The van der Waals surface area contributed by atoms with Gasteiger partial charge in [0.2, 0.25) is 0 Å². The lowest BCUT2D eigenvalue weighted by atomic mass is 10.2. The number of nitrogens with zero attached hydrogens (tertiary/aromatic N) is 1. The van der Waals surface area contributed by atoms with Gasteiger partial charge in [-0.15, -0.1) is 0 Å². The molecule has 1 heterocycles. The first kappa shape index (κ1) is 7.62. The van der Waals surface area contributed by atoms with E-state index in [2.05, 4.69) is 10.3 Å². The van der Waals surface area contributed by atoms with Gasteiger partial charge in [0, 0.05) is 29.0 Å². The monoisotopic (exact) mass is 180 g/mol. The predicted molar refractivity (Wildman–Crippen MR) is 52.4 cm³/mol. The van der Waals surface area contributed by atoms with E-state index in [4.69, 9.17) is 11.6 Å². The van der Waals surface area contributed by atoms with Crippen molar-refractivity contribution in [2.24, 2.45) is 4.99 Å². The third-order valence-corrected chi connectivity index (χ3v) is 2.04. The molecule has 0 spiro atoms. The molecule has 0 amide bonds. The largest absolute Gasteiger partial charge is 0.383 e. The Labute approximate surface area is 76.3 Å². The first-order valence-corrected chi connectivity index (χ1v) is 4.27. The van der Waals surface area contributed by atoms with Crippen molar-refractivity contribution in [1.82, 2.24) is 0 Å². The first-order chi connectivity index (χ1) is 5.86. The molecule has 0 bridgehead atoms. The molecule has 1 N–H and O–H groups in total. The van der Waals surface area contributed by atoms with Crippen LogP contribution in [0.25, 0.3) is 0 Å². The molecule has 2 rings (SSSR count). The summed E-state index contributed by atoms with van der Waals surface area (Å²) in [5.41, 5.74) is 2.18. The molecule has 1 aromatic carbocycles. The maximum atomic E-state index is 5.85. The fourth-order valence-corrected chi connectivity index (χ4v) is 1.38. The summed E-state index contributed by atoms with van der Waals surface area (Å²) in [6, 6.07) is 5.77. The molecule has 0 radical (unpaired) electrons. The van der Waals surface area contributed by atoms with Gasteiger partial charge in [0.1, 0.15) is 0 Å². The van der Waals surface area contributed by atoms with Crippen molar-refractivity contribution in [3.05, 3.63) is 28.8 Å². The normalized spacial score (nSPS) is 14.8. The number of hydrogen-bond donors (Lipinski definition) is 1. The molecule has 12 heavy (non-hydrogen) atoms. The highest BCUT2D eigenvalue weighted by Gasteiger charge is 2.02. The van der Waals surface area contributed by atoms with Gasteiger partial charge in [-0.2, -0.15) is 0 Å². The van der Waals surface area contributed by atoms with Crippen LogP contribution in [0.4, 0.5) is 5.69 Å². The van der Waals surface area contributed by atoms with Crippen LogP contribution >= 0.6 is 11.6 Å². The summed E-state index contributed by atoms with van der Waals surface area (Å²) in [6.45, 7) is 1.70. The molecular formula is C9H9ClN2. The van der Waals surface area contributed by atoms with Crippen LogP contribution in [-0.2, 0) is 0 Å². The minimum atomic E-state index is 0.761. The van der Waals surface area contributed by atoms with Crippen LogP contribution in [-0.4, -0.2) is 19.3 Å². The Morgan fingerprint density at radius 2 is 2.33 bits per heavy atom. The summed E-state index contributed by atoms with van der Waals surface area (Å²) in [5.74, 6) is 0. The fourth-order valence-electron chi connectivity index (χ4n) is 1.21. The molecule has 0 aromatic heterocycles. The van der Waals surface area contributed by atoms with E-state index in [1.807, 2.05) is 24.4 Å². The van der Waals surface area contributed by atoms with Crippen molar-refractivity contribution in [2.45, 2.75) is 0 Å². The Morgan fingerprint density at radius 3 is 3.25 bits per heavy atom. The van der Waals surface area contributed by atoms with Crippen molar-refractivity contribution in [1.29, 1.82) is 0 Å². The lowest BCUT2D eigenvalue weighted by molar-refractivity contribution is 1.04. The van der Waals surface area contributed by atoms with E-state index in [1.54, 1.807) is 0 Å². The molecule has 0 saturated carbocycles. The third-order valence-electron chi connectivity index (χ3n) is 1.80. The lowest BCUT2D eigenvalue weighted by Gasteiger charge is -2.05. The number of hydrogen-bond acceptors (Lipinski definition) is 2. The van der Waals surface area contributed by atoms with Gasteiger partial charge in [-0.25, -0.2) is 0 Å². The Morgan fingerprint density at radius 1 is 1.42 bits per heavy atom. The Kier molecular flexibility index (Phi) is 2.00. The summed E-state index contributed by atoms with van der Waals surface area (Å²) in [4.78, 5) is 4.21. The molecule has 0 aliphatic carbocycles. The third kappa shape index (κ3) is 1.43. The van der Waals surface area contributed by atoms with Crippen LogP contribution in [0.5, 0.6) is 0 Å². The van der Waals surface area contributed by atoms with Gasteiger partial charge in [-0.1, -0.05) is 11.6 Å². The predicted octanol–water partition coefficient (Wildman–Crippen LogP) is 2.18. The Hall–Kier alpha value is -1.02. The van der Waals surface area contributed by atoms with Crippen LogP contribution in [0.1, 0.15) is 5.56 Å². The number of rotatable bonds is 0. The van der Waals surface area contributed by atoms with Gasteiger partial charge in [0.15, 0.2) is 0 Å². The minimum Gasteiger partial charge on any atom is -0.383 e. The molecule has 0 unspecified atom stereocenters. The number of halogens is 1. The molecule has 0 atom stereocenters. The van der Waals surface area contributed by atoms with Crippen molar-refractivity contribution in [3.63, 3.8) is 0 Å². The molecule has 3 heteroatoms. The quantitative estimate of drug-likeness (QED) is 0.651. The van der Waals surface area contributed by atoms with Gasteiger partial charge in [0.25, 0.3) is 0 Å². The number of aliphatic imine (C=N–C) groups is 1. The van der Waals surface area contributed by atoms with E-state index >= 15 is 0 Å². The van der Waals surface area contributed by atoms with E-state index in [1.165, 1.54) is 0 Å². The summed E-state index contributed by atoms with van der Waals surface area (Å²) in [7, 11) is 0. The highest BCUT2D eigenvalue weighted by Crippen LogP contribution is 2.20. The molecule has 1 aromatic rings. The van der Waals surface area contributed by atoms with Crippen molar-refractivity contribution < 1.29 is 0 Å². The molecule has 62 valence electrons. The van der Waals surface area contributed by atoms with E-state index in [0.717, 1.165) is 29.4 Å². The Bertz CT molecular complexity index is 320. The zero-order valence-corrected chi connectivity index (χ0v) is 7.30. The maximum absolute atomic E-state index is 5.85. The van der Waals surface area contributed by atoms with E-state index in [-0.39, 0.29) is 0 Å². The number of benzene rings is 1. The summed E-state index contributed by atoms with van der Waals surface area (Å²) < 4.78 is 0. The second-order valence-corrected chi connectivity index (χ2v) is 3.13. The number of anilines is 1. The van der Waals surface area contributed by atoms with Gasteiger partial charge >= 0.3 is 0 Å². The fraction of sp³-hybridized carbons (Fsp3) is 0.222. The highest BCUT2D eigenvalue weighted by molar-refractivity contribution is 6.31. The average Bonchev–Trinajstić information content (AvgIpc) is 2.28. The van der Waals surface area contributed by atoms with Crippen LogP contribution in [0.3, 0.4) is 0 Å². The summed E-state index contributed by atoms with van der Waals surface area (Å²) in [6.07, 6.45) is 1.88. The molecular weight excluding hydrogens is 172 g/mol. The second-order valence-electron chi connectivity index (χ2n) is 2.69. The van der Waals surface area contributed by atoms with E-state index < -0.39 is 0 Å². The van der Waals surface area contributed by atoms with Crippen LogP contribution in [0.2, 0.25) is 5.02 Å².